The molecule has 0 heterocycles. The third kappa shape index (κ3) is 11.4. The standard InChI is InChI=1S/C12H26N4O2/c1-11(17)4-3-5-12(16-13)10-15-7-9-18-8-6-14-2/h10,14-16H,3-9,13H2,1-2H3/b12-10-. The quantitative estimate of drug-likeness (QED) is 0.222. The van der Waals surface area contributed by atoms with Gasteiger partial charge in [-0.1, -0.05) is 0 Å². The van der Waals surface area contributed by atoms with Crippen LogP contribution in [0.4, 0.5) is 0 Å². The van der Waals surface area contributed by atoms with Gasteiger partial charge in [0.05, 0.1) is 13.2 Å². The second-order valence-corrected chi connectivity index (χ2v) is 4.04. The lowest BCUT2D eigenvalue weighted by Crippen LogP contribution is -2.25. The predicted octanol–water partition coefficient (Wildman–Crippen LogP) is -0.124. The topological polar surface area (TPSA) is 88.4 Å². The SMILES string of the molecule is CNCCOCCN/C=C(/CCCC(C)=O)NN. The minimum absolute atomic E-state index is 0.206. The number of hydrogen-bond donors (Lipinski definition) is 4. The molecule has 0 aliphatic heterocycles. The number of ketones is 1. The Morgan fingerprint density at radius 3 is 2.61 bits per heavy atom. The van der Waals surface area contributed by atoms with Crippen molar-refractivity contribution >= 4 is 5.78 Å². The maximum absolute atomic E-state index is 10.8. The highest BCUT2D eigenvalue weighted by molar-refractivity contribution is 5.75. The fraction of sp³-hybridized carbons (Fsp3) is 0.750. The predicted molar refractivity (Wildman–Crippen MR) is 72.7 cm³/mol. The number of hydrogen-bond acceptors (Lipinski definition) is 6. The molecule has 0 unspecified atom stereocenters. The molecule has 0 spiro atoms. The van der Waals surface area contributed by atoms with Gasteiger partial charge in [0.1, 0.15) is 5.78 Å². The van der Waals surface area contributed by atoms with Gasteiger partial charge >= 0.3 is 0 Å². The van der Waals surface area contributed by atoms with Crippen molar-refractivity contribution in [2.45, 2.75) is 26.2 Å². The fourth-order valence-electron chi connectivity index (χ4n) is 1.32. The average molecular weight is 258 g/mol. The summed E-state index contributed by atoms with van der Waals surface area (Å²) in [5, 5.41) is 6.12. The molecule has 0 fully saturated rings. The molecule has 0 radical (unpaired) electrons. The van der Waals surface area contributed by atoms with Gasteiger partial charge < -0.3 is 25.6 Å². The summed E-state index contributed by atoms with van der Waals surface area (Å²) in [5.41, 5.74) is 3.52. The van der Waals surface area contributed by atoms with E-state index < -0.39 is 0 Å². The lowest BCUT2D eigenvalue weighted by atomic mass is 10.1. The Kier molecular flexibility index (Phi) is 11.6. The smallest absolute Gasteiger partial charge is 0.129 e. The van der Waals surface area contributed by atoms with E-state index in [0.717, 1.165) is 31.6 Å². The molecule has 0 amide bonds. The van der Waals surface area contributed by atoms with E-state index in [0.29, 0.717) is 19.6 Å². The van der Waals surface area contributed by atoms with Crippen molar-refractivity contribution in [3.05, 3.63) is 11.9 Å². The van der Waals surface area contributed by atoms with Gasteiger partial charge in [-0.15, -0.1) is 0 Å². The Hall–Kier alpha value is -1.11. The zero-order chi connectivity index (χ0) is 13.6. The number of hydrazine groups is 1. The molecule has 0 aromatic carbocycles. The molecule has 6 nitrogen and oxygen atoms in total. The summed E-state index contributed by atoms with van der Waals surface area (Å²) in [5.74, 6) is 5.59. The van der Waals surface area contributed by atoms with Crippen molar-refractivity contribution in [1.82, 2.24) is 16.1 Å². The van der Waals surface area contributed by atoms with Crippen LogP contribution in [0, 0.1) is 0 Å². The summed E-state index contributed by atoms with van der Waals surface area (Å²) in [6.45, 7) is 4.56. The van der Waals surface area contributed by atoms with Gasteiger partial charge in [-0.05, 0) is 26.8 Å². The van der Waals surface area contributed by atoms with Gasteiger partial charge in [-0.3, -0.25) is 5.84 Å². The molecule has 0 saturated carbocycles. The number of carbonyl (C=O) groups is 1. The third-order valence-corrected chi connectivity index (χ3v) is 2.32. The molecule has 18 heavy (non-hydrogen) atoms. The zero-order valence-corrected chi connectivity index (χ0v) is 11.4. The summed E-state index contributed by atoms with van der Waals surface area (Å²) >= 11 is 0. The molecule has 106 valence electrons. The van der Waals surface area contributed by atoms with Crippen LogP contribution < -0.4 is 21.9 Å². The minimum Gasteiger partial charge on any atom is -0.387 e. The summed E-state index contributed by atoms with van der Waals surface area (Å²) in [6, 6.07) is 0. The van der Waals surface area contributed by atoms with E-state index >= 15 is 0 Å². The largest absolute Gasteiger partial charge is 0.387 e. The number of likely N-dealkylation sites (N-methyl/N-ethyl adjacent to an activating group) is 1. The highest BCUT2D eigenvalue weighted by atomic mass is 16.5. The van der Waals surface area contributed by atoms with Crippen LogP contribution in [-0.4, -0.2) is 39.1 Å². The van der Waals surface area contributed by atoms with E-state index in [1.165, 1.54) is 0 Å². The molecule has 0 aliphatic rings. The number of carbonyl (C=O) groups excluding carboxylic acids is 1. The van der Waals surface area contributed by atoms with Crippen LogP contribution in [0.5, 0.6) is 0 Å². The number of nitrogens with one attached hydrogen (secondary N) is 3. The molecule has 0 rings (SSSR count). The first-order valence-electron chi connectivity index (χ1n) is 6.31. The molecule has 6 heteroatoms. The van der Waals surface area contributed by atoms with Gasteiger partial charge in [0.25, 0.3) is 0 Å². The number of nitrogens with two attached hydrogens (primary N) is 1. The number of Topliss-reactive ketones (excluding diaryl/α,β-unsaturated/α-hetero) is 1. The maximum atomic E-state index is 10.8. The van der Waals surface area contributed by atoms with Gasteiger partial charge in [0, 0.05) is 31.4 Å². The number of ether oxygens (including phenoxy) is 1. The normalized spacial score (nSPS) is 11.4. The maximum Gasteiger partial charge on any atom is 0.129 e. The van der Waals surface area contributed by atoms with Crippen LogP contribution in [0.3, 0.4) is 0 Å². The Labute approximate surface area is 109 Å². The molecule has 0 aromatic heterocycles. The highest BCUT2D eigenvalue weighted by Gasteiger charge is 1.97. The second kappa shape index (κ2) is 12.3. The molecule has 0 atom stereocenters. The van der Waals surface area contributed by atoms with Crippen LogP contribution in [0.1, 0.15) is 26.2 Å². The van der Waals surface area contributed by atoms with Crippen molar-refractivity contribution in [3.63, 3.8) is 0 Å². The highest BCUT2D eigenvalue weighted by Crippen LogP contribution is 2.02. The van der Waals surface area contributed by atoms with Gasteiger partial charge in [0.2, 0.25) is 0 Å². The fourth-order valence-corrected chi connectivity index (χ4v) is 1.32. The van der Waals surface area contributed by atoms with E-state index in [-0.39, 0.29) is 5.78 Å². The lowest BCUT2D eigenvalue weighted by Gasteiger charge is -2.08. The van der Waals surface area contributed by atoms with Crippen molar-refractivity contribution in [1.29, 1.82) is 0 Å². The van der Waals surface area contributed by atoms with Crippen molar-refractivity contribution in [2.75, 3.05) is 33.4 Å². The van der Waals surface area contributed by atoms with Gasteiger partial charge in [0.15, 0.2) is 0 Å². The van der Waals surface area contributed by atoms with Crippen molar-refractivity contribution < 1.29 is 9.53 Å². The van der Waals surface area contributed by atoms with Crippen molar-refractivity contribution in [3.8, 4) is 0 Å². The summed E-state index contributed by atoms with van der Waals surface area (Å²) in [7, 11) is 1.89. The lowest BCUT2D eigenvalue weighted by molar-refractivity contribution is -0.117. The Morgan fingerprint density at radius 1 is 1.28 bits per heavy atom. The van der Waals surface area contributed by atoms with E-state index in [1.54, 1.807) is 6.92 Å². The zero-order valence-electron chi connectivity index (χ0n) is 11.4. The Morgan fingerprint density at radius 2 is 2.00 bits per heavy atom. The summed E-state index contributed by atoms with van der Waals surface area (Å²) in [4.78, 5) is 10.8. The average Bonchev–Trinajstić information content (AvgIpc) is 2.35. The first kappa shape index (κ1) is 16.9. The minimum atomic E-state index is 0.206. The van der Waals surface area contributed by atoms with Crippen LogP contribution in [0.15, 0.2) is 11.9 Å². The van der Waals surface area contributed by atoms with E-state index in [1.807, 2.05) is 13.2 Å². The Balaban J connectivity index is 3.54. The molecular weight excluding hydrogens is 232 g/mol. The van der Waals surface area contributed by atoms with E-state index in [9.17, 15) is 4.79 Å². The third-order valence-electron chi connectivity index (χ3n) is 2.32. The number of rotatable bonds is 12. The Bertz CT molecular complexity index is 244. The molecule has 0 aromatic rings. The number of allylic oxidation sites excluding steroid dienone is 1. The monoisotopic (exact) mass is 258 g/mol. The van der Waals surface area contributed by atoms with Gasteiger partial charge in [-0.25, -0.2) is 0 Å². The van der Waals surface area contributed by atoms with Gasteiger partial charge in [-0.2, -0.15) is 0 Å². The van der Waals surface area contributed by atoms with Crippen LogP contribution in [0.25, 0.3) is 0 Å². The van der Waals surface area contributed by atoms with E-state index in [4.69, 9.17) is 10.6 Å². The molecule has 5 N–H and O–H groups in total. The molecule has 0 bridgehead atoms. The molecule has 0 aliphatic carbocycles. The molecule has 0 saturated heterocycles. The van der Waals surface area contributed by atoms with Crippen LogP contribution >= 0.6 is 0 Å². The van der Waals surface area contributed by atoms with Crippen molar-refractivity contribution in [2.24, 2.45) is 5.84 Å². The van der Waals surface area contributed by atoms with Crippen LogP contribution in [-0.2, 0) is 9.53 Å². The first-order chi connectivity index (χ1) is 8.70. The second-order valence-electron chi connectivity index (χ2n) is 4.04. The first-order valence-corrected chi connectivity index (χ1v) is 6.31. The summed E-state index contributed by atoms with van der Waals surface area (Å²) in [6.07, 6.45) is 4.00. The molecular formula is C12H26N4O2. The summed E-state index contributed by atoms with van der Waals surface area (Å²) < 4.78 is 5.35. The van der Waals surface area contributed by atoms with Crippen LogP contribution in [0.2, 0.25) is 0 Å². The van der Waals surface area contributed by atoms with E-state index in [2.05, 4.69) is 16.1 Å².